The van der Waals surface area contributed by atoms with Gasteiger partial charge >= 0.3 is 0 Å². The molecule has 0 spiro atoms. The number of nitrogens with zero attached hydrogens (tertiary/aromatic N) is 2. The van der Waals surface area contributed by atoms with Crippen molar-refractivity contribution in [1.82, 2.24) is 14.9 Å². The van der Waals surface area contributed by atoms with E-state index in [0.717, 1.165) is 5.69 Å². The topological polar surface area (TPSA) is 72.9 Å². The number of nitrogens with two attached hydrogens (primary N) is 1. The predicted octanol–water partition coefficient (Wildman–Crippen LogP) is 0.0389. The molecule has 14 heavy (non-hydrogen) atoms. The van der Waals surface area contributed by atoms with Gasteiger partial charge in [-0.1, -0.05) is 0 Å². The Kier molecular flexibility index (Phi) is 3.64. The second-order valence-electron chi connectivity index (χ2n) is 3.46. The molecule has 1 aromatic rings. The molecule has 0 saturated heterocycles. The molecule has 0 fully saturated rings. The van der Waals surface area contributed by atoms with Crippen molar-refractivity contribution < 1.29 is 4.79 Å². The van der Waals surface area contributed by atoms with E-state index in [1.54, 1.807) is 12.5 Å². The van der Waals surface area contributed by atoms with Crippen LogP contribution in [-0.2, 0) is 11.3 Å². The number of aromatic nitrogens is 2. The molecule has 0 radical (unpaired) electrons. The molecule has 1 heterocycles. The van der Waals surface area contributed by atoms with Crippen molar-refractivity contribution in [2.45, 2.75) is 26.4 Å². The highest BCUT2D eigenvalue weighted by Gasteiger charge is 2.04. The first kappa shape index (κ1) is 10.7. The molecule has 1 amide bonds. The first-order valence-corrected chi connectivity index (χ1v) is 4.61. The molecule has 0 saturated carbocycles. The normalized spacial score (nSPS) is 10.8. The molecule has 1 rings (SSSR count). The average Bonchev–Trinajstić information content (AvgIpc) is 2.51. The fourth-order valence-electron chi connectivity index (χ4n) is 1.25. The van der Waals surface area contributed by atoms with Crippen molar-refractivity contribution in [1.29, 1.82) is 0 Å². The van der Waals surface area contributed by atoms with Crippen LogP contribution in [0.4, 0.5) is 0 Å². The number of rotatable bonds is 5. The number of hydrogen-bond donors (Lipinski definition) is 2. The summed E-state index contributed by atoms with van der Waals surface area (Å²) in [5.74, 6) is -0.347. The lowest BCUT2D eigenvalue weighted by Gasteiger charge is -2.11. The maximum atomic E-state index is 10.5. The average molecular weight is 196 g/mol. The molecular formula is C9H16N4O. The van der Waals surface area contributed by atoms with Gasteiger partial charge < -0.3 is 15.6 Å². The van der Waals surface area contributed by atoms with E-state index in [9.17, 15) is 4.79 Å². The lowest BCUT2D eigenvalue weighted by Crippen LogP contribution is -2.28. The van der Waals surface area contributed by atoms with Crippen molar-refractivity contribution in [2.75, 3.05) is 6.54 Å². The summed E-state index contributed by atoms with van der Waals surface area (Å²) < 4.78 is 2.05. The Balaban J connectivity index is 2.50. The number of amides is 1. The molecule has 0 unspecified atom stereocenters. The number of imidazole rings is 1. The summed E-state index contributed by atoms with van der Waals surface area (Å²) >= 11 is 0. The smallest absolute Gasteiger partial charge is 0.231 e. The Morgan fingerprint density at radius 3 is 3.00 bits per heavy atom. The van der Waals surface area contributed by atoms with Crippen LogP contribution in [0.25, 0.3) is 0 Å². The van der Waals surface area contributed by atoms with Crippen molar-refractivity contribution in [3.8, 4) is 0 Å². The molecule has 1 aromatic heterocycles. The molecule has 3 N–H and O–H groups in total. The van der Waals surface area contributed by atoms with Crippen LogP contribution in [-0.4, -0.2) is 22.0 Å². The molecule has 78 valence electrons. The zero-order valence-electron chi connectivity index (χ0n) is 8.53. The summed E-state index contributed by atoms with van der Waals surface area (Å²) in [7, 11) is 0. The van der Waals surface area contributed by atoms with Gasteiger partial charge in [-0.3, -0.25) is 4.79 Å². The summed E-state index contributed by atoms with van der Waals surface area (Å²) in [6.45, 7) is 4.98. The molecule has 0 aliphatic rings. The van der Waals surface area contributed by atoms with E-state index in [4.69, 9.17) is 5.73 Å². The van der Waals surface area contributed by atoms with Crippen molar-refractivity contribution in [3.63, 3.8) is 0 Å². The van der Waals surface area contributed by atoms with Gasteiger partial charge in [-0.25, -0.2) is 4.98 Å². The van der Waals surface area contributed by atoms with Crippen LogP contribution in [0, 0.1) is 0 Å². The Labute approximate surface area is 83.3 Å². The van der Waals surface area contributed by atoms with Crippen molar-refractivity contribution in [2.24, 2.45) is 5.73 Å². The van der Waals surface area contributed by atoms with Crippen LogP contribution < -0.4 is 11.1 Å². The predicted molar refractivity (Wildman–Crippen MR) is 53.5 cm³/mol. The lowest BCUT2D eigenvalue weighted by molar-refractivity contribution is -0.117. The number of carbonyl (C=O) groups is 1. The van der Waals surface area contributed by atoms with E-state index >= 15 is 0 Å². The number of primary amides is 1. The van der Waals surface area contributed by atoms with Crippen molar-refractivity contribution >= 4 is 5.91 Å². The van der Waals surface area contributed by atoms with Gasteiger partial charge in [0, 0.05) is 18.8 Å². The largest absolute Gasteiger partial charge is 0.369 e. The van der Waals surface area contributed by atoms with Crippen LogP contribution >= 0.6 is 0 Å². The third-order valence-corrected chi connectivity index (χ3v) is 1.91. The summed E-state index contributed by atoms with van der Waals surface area (Å²) in [5, 5.41) is 2.95. The minimum absolute atomic E-state index is 0.198. The molecular weight excluding hydrogens is 180 g/mol. The van der Waals surface area contributed by atoms with Gasteiger partial charge in [-0.15, -0.1) is 0 Å². The summed E-state index contributed by atoms with van der Waals surface area (Å²) in [5.41, 5.74) is 6.06. The van der Waals surface area contributed by atoms with Crippen LogP contribution in [0.5, 0.6) is 0 Å². The Bertz CT molecular complexity index is 306. The van der Waals surface area contributed by atoms with Gasteiger partial charge in [0.15, 0.2) is 0 Å². The molecule has 0 aliphatic heterocycles. The minimum Gasteiger partial charge on any atom is -0.369 e. The molecule has 0 atom stereocenters. The van der Waals surface area contributed by atoms with Gasteiger partial charge in [-0.2, -0.15) is 0 Å². The maximum absolute atomic E-state index is 10.5. The third-order valence-electron chi connectivity index (χ3n) is 1.91. The Morgan fingerprint density at radius 1 is 1.71 bits per heavy atom. The van der Waals surface area contributed by atoms with Gasteiger partial charge in [0.1, 0.15) is 0 Å². The Morgan fingerprint density at radius 2 is 2.43 bits per heavy atom. The molecule has 0 aromatic carbocycles. The standard InChI is InChI=1S/C9H16N4O/c1-7(2)13-6-12-4-8(13)3-11-5-9(10)14/h4,6-7,11H,3,5H2,1-2H3,(H2,10,14). The SMILES string of the molecule is CC(C)n1cncc1CNCC(N)=O. The van der Waals surface area contributed by atoms with Crippen LogP contribution in [0.15, 0.2) is 12.5 Å². The summed E-state index contributed by atoms with van der Waals surface area (Å²) in [6.07, 6.45) is 3.57. The molecule has 5 heteroatoms. The zero-order chi connectivity index (χ0) is 10.6. The highest BCUT2D eigenvalue weighted by Crippen LogP contribution is 2.07. The zero-order valence-corrected chi connectivity index (χ0v) is 8.53. The fraction of sp³-hybridized carbons (Fsp3) is 0.556. The molecule has 0 aliphatic carbocycles. The highest BCUT2D eigenvalue weighted by molar-refractivity contribution is 5.75. The second-order valence-corrected chi connectivity index (χ2v) is 3.46. The van der Waals surface area contributed by atoms with E-state index < -0.39 is 0 Å². The Hall–Kier alpha value is -1.36. The molecule has 5 nitrogen and oxygen atoms in total. The van der Waals surface area contributed by atoms with E-state index in [-0.39, 0.29) is 12.5 Å². The summed E-state index contributed by atoms with van der Waals surface area (Å²) in [6, 6.07) is 0.378. The van der Waals surface area contributed by atoms with E-state index in [1.165, 1.54) is 0 Å². The minimum atomic E-state index is -0.347. The van der Waals surface area contributed by atoms with E-state index in [2.05, 4.69) is 24.1 Å². The first-order valence-electron chi connectivity index (χ1n) is 4.61. The van der Waals surface area contributed by atoms with Crippen LogP contribution in [0.1, 0.15) is 25.6 Å². The van der Waals surface area contributed by atoms with E-state index in [0.29, 0.717) is 12.6 Å². The van der Waals surface area contributed by atoms with Gasteiger partial charge in [0.05, 0.1) is 18.6 Å². The maximum Gasteiger partial charge on any atom is 0.231 e. The van der Waals surface area contributed by atoms with Crippen LogP contribution in [0.3, 0.4) is 0 Å². The monoisotopic (exact) mass is 196 g/mol. The summed E-state index contributed by atoms with van der Waals surface area (Å²) in [4.78, 5) is 14.5. The number of carbonyl (C=O) groups excluding carboxylic acids is 1. The first-order chi connectivity index (χ1) is 6.61. The van der Waals surface area contributed by atoms with Gasteiger partial charge in [0.2, 0.25) is 5.91 Å². The quantitative estimate of drug-likeness (QED) is 0.698. The van der Waals surface area contributed by atoms with Crippen LogP contribution in [0.2, 0.25) is 0 Å². The molecule has 0 bridgehead atoms. The second kappa shape index (κ2) is 4.76. The van der Waals surface area contributed by atoms with Gasteiger partial charge in [-0.05, 0) is 13.8 Å². The number of hydrogen-bond acceptors (Lipinski definition) is 3. The lowest BCUT2D eigenvalue weighted by atomic mass is 10.3. The fourth-order valence-corrected chi connectivity index (χ4v) is 1.25. The number of nitrogens with one attached hydrogen (secondary N) is 1. The van der Waals surface area contributed by atoms with Gasteiger partial charge in [0.25, 0.3) is 0 Å². The van der Waals surface area contributed by atoms with E-state index in [1.807, 2.05) is 4.57 Å². The van der Waals surface area contributed by atoms with Crippen molar-refractivity contribution in [3.05, 3.63) is 18.2 Å². The third kappa shape index (κ3) is 2.85. The highest BCUT2D eigenvalue weighted by atomic mass is 16.1.